The van der Waals surface area contributed by atoms with Crippen LogP contribution in [0.5, 0.6) is 0 Å². The molecule has 1 amide bonds. The number of nitrogens with zero attached hydrogens (tertiary/aromatic N) is 2. The third-order valence-electron chi connectivity index (χ3n) is 5.32. The van der Waals surface area contributed by atoms with Crippen molar-refractivity contribution < 1.29 is 4.79 Å². The summed E-state index contributed by atoms with van der Waals surface area (Å²) in [5, 5.41) is 3.46. The molecule has 3 rings (SSSR count). The maximum absolute atomic E-state index is 13.0. The summed E-state index contributed by atoms with van der Waals surface area (Å²) in [5.74, 6) is 0.432. The summed E-state index contributed by atoms with van der Waals surface area (Å²) < 4.78 is 0. The van der Waals surface area contributed by atoms with Crippen LogP contribution in [-0.4, -0.2) is 61.0 Å². The molecule has 0 aromatic heterocycles. The van der Waals surface area contributed by atoms with E-state index in [0.717, 1.165) is 71.0 Å². The molecule has 2 heterocycles. The molecule has 1 unspecified atom stereocenters. The standard InChI is InChI=1S/C16H29N3O/c1-2-6-16(7-3-8-17-13-16)15(20)19-11-9-18(10-12-19)14-4-5-14/h14,17H,2-13H2,1H3. The minimum atomic E-state index is -0.102. The predicted molar refractivity (Wildman–Crippen MR) is 80.6 cm³/mol. The number of hydrogen-bond acceptors (Lipinski definition) is 3. The van der Waals surface area contributed by atoms with Gasteiger partial charge in [-0.1, -0.05) is 13.3 Å². The van der Waals surface area contributed by atoms with Gasteiger partial charge in [0.1, 0.15) is 0 Å². The lowest BCUT2D eigenvalue weighted by atomic mass is 9.75. The molecule has 1 N–H and O–H groups in total. The Hall–Kier alpha value is -0.610. The second kappa shape index (κ2) is 6.02. The molecule has 2 saturated heterocycles. The number of nitrogens with one attached hydrogen (secondary N) is 1. The largest absolute Gasteiger partial charge is 0.340 e. The summed E-state index contributed by atoms with van der Waals surface area (Å²) in [6, 6.07) is 0.841. The number of hydrogen-bond donors (Lipinski definition) is 1. The molecule has 3 fully saturated rings. The number of carbonyl (C=O) groups is 1. The minimum absolute atomic E-state index is 0.102. The molecule has 0 radical (unpaired) electrons. The first kappa shape index (κ1) is 14.3. The topological polar surface area (TPSA) is 35.6 Å². The summed E-state index contributed by atoms with van der Waals surface area (Å²) >= 11 is 0. The molecule has 1 saturated carbocycles. The Morgan fingerprint density at radius 2 is 2.00 bits per heavy atom. The molecule has 4 heteroatoms. The van der Waals surface area contributed by atoms with E-state index in [0.29, 0.717) is 5.91 Å². The van der Waals surface area contributed by atoms with Crippen molar-refractivity contribution in [2.45, 2.75) is 51.5 Å². The van der Waals surface area contributed by atoms with Gasteiger partial charge in [-0.2, -0.15) is 0 Å². The molecule has 1 atom stereocenters. The third-order valence-corrected chi connectivity index (χ3v) is 5.32. The molecule has 3 aliphatic rings. The third kappa shape index (κ3) is 2.86. The van der Waals surface area contributed by atoms with Crippen molar-refractivity contribution in [3.63, 3.8) is 0 Å². The van der Waals surface area contributed by atoms with Crippen molar-refractivity contribution in [3.8, 4) is 0 Å². The summed E-state index contributed by atoms with van der Waals surface area (Å²) in [6.45, 7) is 8.24. The van der Waals surface area contributed by atoms with E-state index >= 15 is 0 Å². The Balaban J connectivity index is 1.61. The second-order valence-corrected chi connectivity index (χ2v) is 6.87. The Morgan fingerprint density at radius 1 is 1.25 bits per heavy atom. The fourth-order valence-corrected chi connectivity index (χ4v) is 4.01. The molecule has 0 spiro atoms. The molecular formula is C16H29N3O. The highest BCUT2D eigenvalue weighted by Crippen LogP contribution is 2.35. The molecule has 0 aromatic rings. The van der Waals surface area contributed by atoms with E-state index in [1.807, 2.05) is 0 Å². The molecular weight excluding hydrogens is 250 g/mol. The lowest BCUT2D eigenvalue weighted by Crippen LogP contribution is -2.57. The zero-order chi connectivity index (χ0) is 14.0. The highest BCUT2D eigenvalue weighted by molar-refractivity contribution is 5.83. The fraction of sp³-hybridized carbons (Fsp3) is 0.938. The zero-order valence-electron chi connectivity index (χ0n) is 12.9. The highest BCUT2D eigenvalue weighted by atomic mass is 16.2. The Morgan fingerprint density at radius 3 is 2.55 bits per heavy atom. The number of piperidine rings is 1. The van der Waals surface area contributed by atoms with E-state index in [9.17, 15) is 4.79 Å². The normalized spacial score (nSPS) is 32.4. The van der Waals surface area contributed by atoms with E-state index in [-0.39, 0.29) is 5.41 Å². The van der Waals surface area contributed by atoms with E-state index in [4.69, 9.17) is 0 Å². The van der Waals surface area contributed by atoms with E-state index in [1.165, 1.54) is 12.8 Å². The van der Waals surface area contributed by atoms with Gasteiger partial charge in [-0.3, -0.25) is 9.69 Å². The SMILES string of the molecule is CCCC1(C(=O)N2CCN(C3CC3)CC2)CCCNC1. The molecule has 20 heavy (non-hydrogen) atoms. The van der Waals surface area contributed by atoms with Gasteiger partial charge in [0.25, 0.3) is 0 Å². The van der Waals surface area contributed by atoms with Crippen LogP contribution in [0.4, 0.5) is 0 Å². The van der Waals surface area contributed by atoms with E-state index in [1.54, 1.807) is 0 Å². The first-order valence-electron chi connectivity index (χ1n) is 8.49. The summed E-state index contributed by atoms with van der Waals surface area (Å²) in [7, 11) is 0. The van der Waals surface area contributed by atoms with Crippen LogP contribution in [0, 0.1) is 5.41 Å². The van der Waals surface area contributed by atoms with Gasteiger partial charge in [-0.05, 0) is 38.6 Å². The van der Waals surface area contributed by atoms with Crippen LogP contribution in [0.2, 0.25) is 0 Å². The Bertz CT molecular complexity index is 334. The zero-order valence-corrected chi connectivity index (χ0v) is 12.9. The van der Waals surface area contributed by atoms with Gasteiger partial charge in [-0.25, -0.2) is 0 Å². The summed E-state index contributed by atoms with van der Waals surface area (Å²) in [5.41, 5.74) is -0.102. The number of carbonyl (C=O) groups excluding carboxylic acids is 1. The van der Waals surface area contributed by atoms with Crippen molar-refractivity contribution in [2.24, 2.45) is 5.41 Å². The van der Waals surface area contributed by atoms with Crippen molar-refractivity contribution in [1.82, 2.24) is 15.1 Å². The van der Waals surface area contributed by atoms with Crippen LogP contribution in [0.15, 0.2) is 0 Å². The van der Waals surface area contributed by atoms with Gasteiger partial charge in [0.05, 0.1) is 5.41 Å². The lowest BCUT2D eigenvalue weighted by Gasteiger charge is -2.43. The van der Waals surface area contributed by atoms with Crippen LogP contribution in [0.1, 0.15) is 45.4 Å². The maximum atomic E-state index is 13.0. The van der Waals surface area contributed by atoms with Gasteiger partial charge >= 0.3 is 0 Å². The predicted octanol–water partition coefficient (Wildman–Crippen LogP) is 1.46. The monoisotopic (exact) mass is 279 g/mol. The van der Waals surface area contributed by atoms with Crippen LogP contribution < -0.4 is 5.32 Å². The van der Waals surface area contributed by atoms with Crippen LogP contribution >= 0.6 is 0 Å². The molecule has 0 aromatic carbocycles. The van der Waals surface area contributed by atoms with Crippen molar-refractivity contribution in [1.29, 1.82) is 0 Å². The highest BCUT2D eigenvalue weighted by Gasteiger charge is 2.42. The summed E-state index contributed by atoms with van der Waals surface area (Å²) in [4.78, 5) is 17.8. The van der Waals surface area contributed by atoms with Crippen molar-refractivity contribution in [3.05, 3.63) is 0 Å². The smallest absolute Gasteiger partial charge is 0.230 e. The van der Waals surface area contributed by atoms with Gasteiger partial charge in [0.15, 0.2) is 0 Å². The van der Waals surface area contributed by atoms with Gasteiger partial charge in [0, 0.05) is 38.8 Å². The van der Waals surface area contributed by atoms with E-state index in [2.05, 4.69) is 22.0 Å². The van der Waals surface area contributed by atoms with Gasteiger partial charge < -0.3 is 10.2 Å². The molecule has 1 aliphatic carbocycles. The quantitative estimate of drug-likeness (QED) is 0.846. The van der Waals surface area contributed by atoms with Crippen LogP contribution in [0.3, 0.4) is 0 Å². The van der Waals surface area contributed by atoms with Gasteiger partial charge in [0.2, 0.25) is 5.91 Å². The van der Waals surface area contributed by atoms with Crippen molar-refractivity contribution in [2.75, 3.05) is 39.3 Å². The average Bonchev–Trinajstić information content (AvgIpc) is 3.33. The van der Waals surface area contributed by atoms with Crippen LogP contribution in [-0.2, 0) is 4.79 Å². The first-order valence-corrected chi connectivity index (χ1v) is 8.49. The van der Waals surface area contributed by atoms with E-state index < -0.39 is 0 Å². The average molecular weight is 279 g/mol. The van der Waals surface area contributed by atoms with Crippen LogP contribution in [0.25, 0.3) is 0 Å². The Kier molecular flexibility index (Phi) is 4.32. The number of rotatable bonds is 4. The molecule has 4 nitrogen and oxygen atoms in total. The number of amides is 1. The maximum Gasteiger partial charge on any atom is 0.230 e. The molecule has 114 valence electrons. The minimum Gasteiger partial charge on any atom is -0.340 e. The lowest BCUT2D eigenvalue weighted by molar-refractivity contribution is -0.145. The molecule has 0 bridgehead atoms. The fourth-order valence-electron chi connectivity index (χ4n) is 4.01. The summed E-state index contributed by atoms with van der Waals surface area (Å²) in [6.07, 6.45) is 7.12. The first-order chi connectivity index (χ1) is 9.75. The van der Waals surface area contributed by atoms with Gasteiger partial charge in [-0.15, -0.1) is 0 Å². The van der Waals surface area contributed by atoms with Crippen molar-refractivity contribution >= 4 is 5.91 Å². The Labute approximate surface area is 122 Å². The number of piperazine rings is 1. The molecule has 2 aliphatic heterocycles. The second-order valence-electron chi connectivity index (χ2n) is 6.87.